The first-order valence-electron chi connectivity index (χ1n) is 5.61. The van der Waals surface area contributed by atoms with Gasteiger partial charge in [0.2, 0.25) is 0 Å². The van der Waals surface area contributed by atoms with E-state index in [0.29, 0.717) is 18.6 Å². The lowest BCUT2D eigenvalue weighted by Crippen LogP contribution is -2.24. The molecule has 1 rings (SSSR count). The van der Waals surface area contributed by atoms with Gasteiger partial charge in [-0.2, -0.15) is 0 Å². The van der Waals surface area contributed by atoms with E-state index in [1.54, 1.807) is 6.08 Å². The van der Waals surface area contributed by atoms with Crippen molar-refractivity contribution in [3.8, 4) is 0 Å². The second-order valence-corrected chi connectivity index (χ2v) is 3.58. The number of carbonyl (C=O) groups is 1. The van der Waals surface area contributed by atoms with Crippen molar-refractivity contribution in [2.24, 2.45) is 0 Å². The molecule has 0 aliphatic rings. The highest BCUT2D eigenvalue weighted by atomic mass is 16.5. The fourth-order valence-electron chi connectivity index (χ4n) is 1.46. The van der Waals surface area contributed by atoms with Gasteiger partial charge in [0.25, 0.3) is 0 Å². The third-order valence-corrected chi connectivity index (χ3v) is 2.36. The first-order valence-corrected chi connectivity index (χ1v) is 5.61. The van der Waals surface area contributed by atoms with Crippen LogP contribution in [0.2, 0.25) is 0 Å². The normalized spacial score (nSPS) is 12.1. The number of ketones is 1. The van der Waals surface area contributed by atoms with Gasteiger partial charge < -0.3 is 4.74 Å². The second kappa shape index (κ2) is 6.96. The molecule has 0 saturated heterocycles. The van der Waals surface area contributed by atoms with E-state index >= 15 is 0 Å². The predicted octanol–water partition coefficient (Wildman–Crippen LogP) is 3.24. The van der Waals surface area contributed by atoms with Gasteiger partial charge in [-0.15, -0.1) is 6.58 Å². The number of benzene rings is 1. The number of hydrogen-bond acceptors (Lipinski definition) is 2. The molecule has 0 saturated carbocycles. The van der Waals surface area contributed by atoms with E-state index < -0.39 is 0 Å². The Morgan fingerprint density at radius 3 is 2.69 bits per heavy atom. The van der Waals surface area contributed by atoms with Crippen molar-refractivity contribution in [1.29, 1.82) is 0 Å². The summed E-state index contributed by atoms with van der Waals surface area (Å²) in [7, 11) is 0. The summed E-state index contributed by atoms with van der Waals surface area (Å²) in [5, 5.41) is 0. The highest BCUT2D eigenvalue weighted by molar-refractivity contribution is 5.99. The van der Waals surface area contributed by atoms with Crippen molar-refractivity contribution in [2.75, 3.05) is 6.61 Å². The molecule has 0 N–H and O–H groups in total. The predicted molar refractivity (Wildman–Crippen MR) is 65.6 cm³/mol. The molecular weight excluding hydrogens is 200 g/mol. The number of carbonyl (C=O) groups excluding carboxylic acids is 1. The molecule has 0 bridgehead atoms. The monoisotopic (exact) mass is 218 g/mol. The molecule has 0 heterocycles. The Morgan fingerprint density at radius 2 is 2.12 bits per heavy atom. The Kier molecular flexibility index (Phi) is 5.51. The van der Waals surface area contributed by atoms with Crippen LogP contribution in [0.25, 0.3) is 0 Å². The summed E-state index contributed by atoms with van der Waals surface area (Å²) in [4.78, 5) is 12.0. The van der Waals surface area contributed by atoms with E-state index in [4.69, 9.17) is 4.74 Å². The van der Waals surface area contributed by atoms with Crippen LogP contribution in [0.1, 0.15) is 30.1 Å². The van der Waals surface area contributed by atoms with Crippen LogP contribution >= 0.6 is 0 Å². The maximum absolute atomic E-state index is 12.0. The highest BCUT2D eigenvalue weighted by Crippen LogP contribution is 2.09. The van der Waals surface area contributed by atoms with Crippen LogP contribution in [0, 0.1) is 0 Å². The number of hydrogen-bond donors (Lipinski definition) is 0. The SMILES string of the molecule is C=CCCOC(CC)C(=O)c1ccccc1. The van der Waals surface area contributed by atoms with E-state index in [9.17, 15) is 4.79 Å². The van der Waals surface area contributed by atoms with Gasteiger partial charge in [0.1, 0.15) is 6.10 Å². The van der Waals surface area contributed by atoms with Crippen molar-refractivity contribution in [3.05, 3.63) is 48.6 Å². The maximum atomic E-state index is 12.0. The van der Waals surface area contributed by atoms with Crippen LogP contribution in [-0.4, -0.2) is 18.5 Å². The lowest BCUT2D eigenvalue weighted by molar-refractivity contribution is 0.0413. The van der Waals surface area contributed by atoms with Gasteiger partial charge >= 0.3 is 0 Å². The van der Waals surface area contributed by atoms with Gasteiger partial charge in [-0.3, -0.25) is 4.79 Å². The molecule has 0 fully saturated rings. The lowest BCUT2D eigenvalue weighted by Gasteiger charge is -2.14. The quantitative estimate of drug-likeness (QED) is 0.399. The average molecular weight is 218 g/mol. The summed E-state index contributed by atoms with van der Waals surface area (Å²) in [5.74, 6) is 0.0622. The molecule has 86 valence electrons. The molecule has 16 heavy (non-hydrogen) atoms. The fourth-order valence-corrected chi connectivity index (χ4v) is 1.46. The first-order chi connectivity index (χ1) is 7.79. The van der Waals surface area contributed by atoms with Crippen LogP contribution in [0.3, 0.4) is 0 Å². The summed E-state index contributed by atoms with van der Waals surface area (Å²) < 4.78 is 5.53. The summed E-state index contributed by atoms with van der Waals surface area (Å²) in [6, 6.07) is 9.27. The second-order valence-electron chi connectivity index (χ2n) is 3.58. The zero-order valence-electron chi connectivity index (χ0n) is 9.69. The van der Waals surface area contributed by atoms with Gasteiger partial charge in [-0.05, 0) is 12.8 Å². The first kappa shape index (κ1) is 12.7. The minimum Gasteiger partial charge on any atom is -0.370 e. The Morgan fingerprint density at radius 1 is 1.44 bits per heavy atom. The van der Waals surface area contributed by atoms with E-state index in [1.165, 1.54) is 0 Å². The zero-order valence-corrected chi connectivity index (χ0v) is 9.69. The van der Waals surface area contributed by atoms with Gasteiger partial charge in [-0.25, -0.2) is 0 Å². The van der Waals surface area contributed by atoms with Gasteiger partial charge in [0, 0.05) is 5.56 Å². The molecule has 0 radical (unpaired) electrons. The Balaban J connectivity index is 2.59. The smallest absolute Gasteiger partial charge is 0.191 e. The topological polar surface area (TPSA) is 26.3 Å². The molecule has 0 amide bonds. The minimum absolute atomic E-state index is 0.0622. The van der Waals surface area contributed by atoms with Crippen LogP contribution < -0.4 is 0 Å². The minimum atomic E-state index is -0.331. The maximum Gasteiger partial charge on any atom is 0.191 e. The third-order valence-electron chi connectivity index (χ3n) is 2.36. The van der Waals surface area contributed by atoms with Gasteiger partial charge in [0.15, 0.2) is 5.78 Å². The van der Waals surface area contributed by atoms with Crippen molar-refractivity contribution < 1.29 is 9.53 Å². The number of rotatable bonds is 7. The summed E-state index contributed by atoms with van der Waals surface area (Å²) in [6.45, 7) is 6.14. The molecular formula is C14H18O2. The molecule has 2 nitrogen and oxygen atoms in total. The van der Waals surface area contributed by atoms with E-state index in [1.807, 2.05) is 37.3 Å². The molecule has 1 atom stereocenters. The third kappa shape index (κ3) is 3.63. The molecule has 1 aromatic carbocycles. The zero-order chi connectivity index (χ0) is 11.8. The summed E-state index contributed by atoms with van der Waals surface area (Å²) in [6.07, 6.45) is 2.94. The van der Waals surface area contributed by atoms with Crippen molar-refractivity contribution in [1.82, 2.24) is 0 Å². The summed E-state index contributed by atoms with van der Waals surface area (Å²) >= 11 is 0. The van der Waals surface area contributed by atoms with E-state index in [2.05, 4.69) is 6.58 Å². The van der Waals surface area contributed by atoms with Crippen LogP contribution in [-0.2, 0) is 4.74 Å². The fraction of sp³-hybridized carbons (Fsp3) is 0.357. The molecule has 2 heteroatoms. The molecule has 1 unspecified atom stereocenters. The molecule has 0 aromatic heterocycles. The van der Waals surface area contributed by atoms with Gasteiger partial charge in [0.05, 0.1) is 6.61 Å². The van der Waals surface area contributed by atoms with E-state index in [-0.39, 0.29) is 11.9 Å². The standard InChI is InChI=1S/C14H18O2/c1-3-5-11-16-13(4-2)14(15)12-9-7-6-8-10-12/h3,6-10,13H,1,4-5,11H2,2H3. The molecule has 0 spiro atoms. The lowest BCUT2D eigenvalue weighted by atomic mass is 10.0. The number of ether oxygens (including phenoxy) is 1. The van der Waals surface area contributed by atoms with Gasteiger partial charge in [-0.1, -0.05) is 43.3 Å². The number of Topliss-reactive ketones (excluding diaryl/α,β-unsaturated/α-hetero) is 1. The summed E-state index contributed by atoms with van der Waals surface area (Å²) in [5.41, 5.74) is 0.716. The molecule has 0 aliphatic heterocycles. The van der Waals surface area contributed by atoms with E-state index in [0.717, 1.165) is 6.42 Å². The van der Waals surface area contributed by atoms with Crippen LogP contribution in [0.15, 0.2) is 43.0 Å². The molecule has 0 aliphatic carbocycles. The highest BCUT2D eigenvalue weighted by Gasteiger charge is 2.17. The average Bonchev–Trinajstić information content (AvgIpc) is 2.35. The molecule has 1 aromatic rings. The van der Waals surface area contributed by atoms with Crippen molar-refractivity contribution in [2.45, 2.75) is 25.9 Å². The van der Waals surface area contributed by atoms with Crippen molar-refractivity contribution in [3.63, 3.8) is 0 Å². The largest absolute Gasteiger partial charge is 0.370 e. The van der Waals surface area contributed by atoms with Crippen molar-refractivity contribution >= 4 is 5.78 Å². The Labute approximate surface area is 96.9 Å². The van der Waals surface area contributed by atoms with Crippen LogP contribution in [0.5, 0.6) is 0 Å². The van der Waals surface area contributed by atoms with Crippen LogP contribution in [0.4, 0.5) is 0 Å². The Hall–Kier alpha value is -1.41. The Bertz CT molecular complexity index is 330.